The van der Waals surface area contributed by atoms with Crippen molar-refractivity contribution in [3.05, 3.63) is 81.7 Å². The second kappa shape index (κ2) is 10.2. The quantitative estimate of drug-likeness (QED) is 0.167. The Morgan fingerprint density at radius 3 is 2.56 bits per heavy atom. The number of anilines is 1. The predicted molar refractivity (Wildman–Crippen MR) is 123 cm³/mol. The fourth-order valence-corrected chi connectivity index (χ4v) is 8.95. The molecule has 0 amide bonds. The molecule has 0 unspecified atom stereocenters. The number of fused-ring (bicyclic) bond motifs is 4. The Balaban J connectivity index is 0.000000499. The van der Waals surface area contributed by atoms with Gasteiger partial charge in [-0.25, -0.2) is 18.6 Å². The molecule has 0 saturated heterocycles. The number of nitrogens with zero attached hydrogens (tertiary/aromatic N) is 2. The van der Waals surface area contributed by atoms with Crippen molar-refractivity contribution in [3.63, 3.8) is 0 Å². The van der Waals surface area contributed by atoms with Crippen LogP contribution in [0.15, 0.2) is 80.2 Å². The summed E-state index contributed by atoms with van der Waals surface area (Å²) in [5.41, 5.74) is 4.69. The number of allylic oxidation sites excluding steroid dienone is 4. The minimum absolute atomic E-state index is 0.473. The Morgan fingerprint density at radius 1 is 1.09 bits per heavy atom. The first-order valence-electron chi connectivity index (χ1n) is 10.1. The molecule has 0 aliphatic carbocycles. The molecule has 0 bridgehead atoms. The SMILES string of the molecule is CC(C=Cc1oc2ccc3ccccc3c2[n+]1C)=CC=C1[Se]c2[se]ccc2N1C.[O-][Cl+3]([O-])([O-])[O-]. The van der Waals surface area contributed by atoms with Crippen molar-refractivity contribution < 1.29 is 37.9 Å². The molecule has 4 aromatic rings. The molecule has 34 heavy (non-hydrogen) atoms. The van der Waals surface area contributed by atoms with Crippen molar-refractivity contribution >= 4 is 66.4 Å². The fourth-order valence-electron chi connectivity index (χ4n) is 3.60. The summed E-state index contributed by atoms with van der Waals surface area (Å²) in [5.74, 6) is 0.854. The van der Waals surface area contributed by atoms with E-state index in [2.05, 4.69) is 102 Å². The summed E-state index contributed by atoms with van der Waals surface area (Å²) < 4.78 is 45.3. The summed E-state index contributed by atoms with van der Waals surface area (Å²) in [6.07, 6.45) is 8.67. The Hall–Kier alpha value is -2.16. The van der Waals surface area contributed by atoms with E-state index in [0.29, 0.717) is 29.5 Å². The summed E-state index contributed by atoms with van der Waals surface area (Å²) >= 11 is 1.04. The Morgan fingerprint density at radius 2 is 1.82 bits per heavy atom. The standard InChI is InChI=1S/C24H21N2OSe2.ClHO4/c1-16(9-13-22-25(2)19-14-15-28-24(19)29-22)8-12-21-26(3)23-18-7-5-4-6-17(18)10-11-20(23)27-21;2-1(3,4)5/h4-15H,1-3H3;(H,2,3,4,5)/q+1;/p-1. The van der Waals surface area contributed by atoms with Gasteiger partial charge in [-0.2, -0.15) is 0 Å². The van der Waals surface area contributed by atoms with Crippen LogP contribution in [0.25, 0.3) is 27.9 Å². The van der Waals surface area contributed by atoms with Crippen LogP contribution in [0.3, 0.4) is 0 Å². The van der Waals surface area contributed by atoms with E-state index in [1.807, 2.05) is 0 Å². The number of aryl methyl sites for hydroxylation is 1. The van der Waals surface area contributed by atoms with E-state index in [0.717, 1.165) is 17.0 Å². The molecule has 2 aromatic carbocycles. The van der Waals surface area contributed by atoms with Crippen molar-refractivity contribution in [3.8, 4) is 0 Å². The molecule has 3 heterocycles. The van der Waals surface area contributed by atoms with E-state index in [4.69, 9.17) is 23.1 Å². The largest absolute Gasteiger partial charge is 0.222 e. The van der Waals surface area contributed by atoms with Crippen LogP contribution in [0, 0.1) is 10.2 Å². The topological polar surface area (TPSA) is 112 Å². The van der Waals surface area contributed by atoms with Gasteiger partial charge in [0, 0.05) is 0 Å². The minimum atomic E-state index is -4.94. The summed E-state index contributed by atoms with van der Waals surface area (Å²) in [6.45, 7) is 2.14. The molecule has 10 heteroatoms. The second-order valence-corrected chi connectivity index (χ2v) is 13.7. The number of oxazole rings is 1. The number of aromatic nitrogens is 1. The normalized spacial score (nSPS) is 15.4. The van der Waals surface area contributed by atoms with Gasteiger partial charge < -0.3 is 0 Å². The first-order valence-corrected chi connectivity index (χ1v) is 14.9. The number of benzene rings is 2. The fraction of sp³-hybridized carbons (Fsp3) is 0.125. The predicted octanol–water partition coefficient (Wildman–Crippen LogP) is -1.01. The third-order valence-corrected chi connectivity index (χ3v) is 10.8. The van der Waals surface area contributed by atoms with Crippen LogP contribution in [0.2, 0.25) is 0 Å². The maximum Gasteiger partial charge on any atom is -0.112 e. The van der Waals surface area contributed by atoms with Crippen LogP contribution < -0.4 is 31.4 Å². The smallest absolute Gasteiger partial charge is 0.112 e. The third kappa shape index (κ3) is 5.73. The van der Waals surface area contributed by atoms with E-state index in [9.17, 15) is 0 Å². The van der Waals surface area contributed by atoms with Gasteiger partial charge in [0.05, 0.1) is 0 Å². The molecular formula is C24H21ClN2O5Se2. The van der Waals surface area contributed by atoms with Crippen LogP contribution in [-0.2, 0) is 7.05 Å². The van der Waals surface area contributed by atoms with Crippen molar-refractivity contribution in [1.29, 1.82) is 0 Å². The van der Waals surface area contributed by atoms with Crippen molar-refractivity contribution in [2.24, 2.45) is 7.05 Å². The molecule has 0 saturated carbocycles. The molecule has 1 aliphatic heterocycles. The number of rotatable bonds is 3. The van der Waals surface area contributed by atoms with Gasteiger partial charge in [0.2, 0.25) is 0 Å². The molecule has 2 aromatic heterocycles. The van der Waals surface area contributed by atoms with E-state index < -0.39 is 10.2 Å². The van der Waals surface area contributed by atoms with Gasteiger partial charge in [-0.05, 0) is 0 Å². The summed E-state index contributed by atoms with van der Waals surface area (Å²) in [4.78, 5) is 4.67. The zero-order valence-corrected chi connectivity index (χ0v) is 22.7. The third-order valence-electron chi connectivity index (χ3n) is 5.22. The van der Waals surface area contributed by atoms with Crippen molar-refractivity contribution in [2.45, 2.75) is 6.92 Å². The average molecular weight is 611 g/mol. The van der Waals surface area contributed by atoms with Crippen LogP contribution >= 0.6 is 0 Å². The minimum Gasteiger partial charge on any atom is -0.222 e. The Labute approximate surface area is 211 Å². The van der Waals surface area contributed by atoms with Gasteiger partial charge in [-0.1, -0.05) is 6.07 Å². The second-order valence-electron chi connectivity index (χ2n) is 7.51. The van der Waals surface area contributed by atoms with Gasteiger partial charge >= 0.3 is 177 Å². The zero-order valence-electron chi connectivity index (χ0n) is 18.6. The van der Waals surface area contributed by atoms with E-state index >= 15 is 0 Å². The monoisotopic (exact) mass is 612 g/mol. The summed E-state index contributed by atoms with van der Waals surface area (Å²) in [5, 5.41) is 2.45. The van der Waals surface area contributed by atoms with E-state index in [-0.39, 0.29) is 0 Å². The number of halogens is 1. The molecule has 0 N–H and O–H groups in total. The van der Waals surface area contributed by atoms with Gasteiger partial charge in [-0.3, -0.25) is 0 Å². The molecular weight excluding hydrogens is 590 g/mol. The zero-order chi connectivity index (χ0) is 24.5. The Bertz CT molecular complexity index is 1430. The number of hydrogen-bond donors (Lipinski definition) is 0. The van der Waals surface area contributed by atoms with Gasteiger partial charge in [-0.15, -0.1) is 10.2 Å². The maximum atomic E-state index is 8.49. The van der Waals surface area contributed by atoms with Gasteiger partial charge in [0.1, 0.15) is 0 Å². The first-order chi connectivity index (χ1) is 16.1. The van der Waals surface area contributed by atoms with E-state index in [1.54, 1.807) is 3.34 Å². The molecule has 5 rings (SSSR count). The average Bonchev–Trinajstić information content (AvgIpc) is 3.45. The van der Waals surface area contributed by atoms with Crippen LogP contribution in [0.5, 0.6) is 0 Å². The van der Waals surface area contributed by atoms with Gasteiger partial charge in [0.25, 0.3) is 0 Å². The molecule has 0 atom stereocenters. The summed E-state index contributed by atoms with van der Waals surface area (Å²) in [6, 6.07) is 14.9. The molecule has 7 nitrogen and oxygen atoms in total. The van der Waals surface area contributed by atoms with Crippen molar-refractivity contribution in [1.82, 2.24) is 0 Å². The molecule has 1 aliphatic rings. The number of hydrogen-bond acceptors (Lipinski definition) is 6. The van der Waals surface area contributed by atoms with Crippen LogP contribution in [0.4, 0.5) is 5.69 Å². The molecule has 176 valence electrons. The van der Waals surface area contributed by atoms with E-state index in [1.165, 1.54) is 26.6 Å². The van der Waals surface area contributed by atoms with Gasteiger partial charge in [0.15, 0.2) is 0 Å². The molecule has 0 radical (unpaired) electrons. The maximum absolute atomic E-state index is 8.49. The molecule has 0 spiro atoms. The first kappa shape index (κ1) is 24.9. The Kier molecular flexibility index (Phi) is 7.50. The summed E-state index contributed by atoms with van der Waals surface area (Å²) in [7, 11) is -0.698. The van der Waals surface area contributed by atoms with Crippen LogP contribution in [0.1, 0.15) is 12.8 Å². The molecule has 0 fully saturated rings. The van der Waals surface area contributed by atoms with Crippen LogP contribution in [-0.4, -0.2) is 36.5 Å². The van der Waals surface area contributed by atoms with Crippen molar-refractivity contribution in [2.75, 3.05) is 11.9 Å².